The normalized spacial score (nSPS) is 10.2. The first-order chi connectivity index (χ1) is 6.33. The molecule has 64 valence electrons. The molecule has 0 saturated heterocycles. The van der Waals surface area contributed by atoms with Gasteiger partial charge in [0.15, 0.2) is 0 Å². The van der Waals surface area contributed by atoms with Crippen molar-refractivity contribution in [2.24, 2.45) is 4.99 Å². The van der Waals surface area contributed by atoms with Crippen LogP contribution in [-0.4, -0.2) is 11.8 Å². The molecule has 2 aromatic carbocycles. The number of aromatic hydroxyl groups is 1. The van der Waals surface area contributed by atoms with E-state index in [1.807, 2.05) is 30.3 Å². The fourth-order valence-electron chi connectivity index (χ4n) is 1.37. The number of benzene rings is 2. The van der Waals surface area contributed by atoms with Crippen molar-refractivity contribution in [3.63, 3.8) is 0 Å². The molecule has 2 heteroatoms. The molecule has 0 atom stereocenters. The average molecular weight is 171 g/mol. The third kappa shape index (κ3) is 1.16. The van der Waals surface area contributed by atoms with Gasteiger partial charge in [0.1, 0.15) is 11.4 Å². The highest BCUT2D eigenvalue weighted by Gasteiger charge is 2.02. The summed E-state index contributed by atoms with van der Waals surface area (Å²) in [5.74, 6) is 0.202. The number of nitrogens with zero attached hydrogens (tertiary/aromatic N) is 1. The number of aliphatic imine (C=N–C) groups is 1. The highest BCUT2D eigenvalue weighted by Crippen LogP contribution is 2.33. The van der Waals surface area contributed by atoms with E-state index < -0.39 is 0 Å². The minimum Gasteiger partial charge on any atom is -0.505 e. The third-order valence-corrected chi connectivity index (χ3v) is 2.05. The van der Waals surface area contributed by atoms with Crippen LogP contribution in [0.25, 0.3) is 10.8 Å². The van der Waals surface area contributed by atoms with Gasteiger partial charge in [0.05, 0.1) is 0 Å². The second kappa shape index (κ2) is 2.90. The first-order valence-corrected chi connectivity index (χ1v) is 4.00. The Kier molecular flexibility index (Phi) is 1.74. The van der Waals surface area contributed by atoms with Crippen molar-refractivity contribution in [2.75, 3.05) is 0 Å². The maximum Gasteiger partial charge on any atom is 0.148 e. The molecule has 13 heavy (non-hydrogen) atoms. The molecule has 2 aromatic rings. The van der Waals surface area contributed by atoms with Gasteiger partial charge in [0.25, 0.3) is 0 Å². The molecule has 0 spiro atoms. The Morgan fingerprint density at radius 1 is 1.08 bits per heavy atom. The monoisotopic (exact) mass is 171 g/mol. The van der Waals surface area contributed by atoms with Gasteiger partial charge in [-0.3, -0.25) is 4.99 Å². The highest BCUT2D eigenvalue weighted by molar-refractivity contribution is 5.92. The predicted molar refractivity (Wildman–Crippen MR) is 54.8 cm³/mol. The van der Waals surface area contributed by atoms with E-state index in [9.17, 15) is 5.11 Å². The summed E-state index contributed by atoms with van der Waals surface area (Å²) >= 11 is 0. The zero-order chi connectivity index (χ0) is 9.26. The second-order valence-corrected chi connectivity index (χ2v) is 2.81. The van der Waals surface area contributed by atoms with Crippen molar-refractivity contribution in [2.45, 2.75) is 0 Å². The lowest BCUT2D eigenvalue weighted by Crippen LogP contribution is -1.73. The van der Waals surface area contributed by atoms with Crippen molar-refractivity contribution >= 4 is 23.2 Å². The van der Waals surface area contributed by atoms with Crippen LogP contribution in [0.15, 0.2) is 41.4 Å². The number of fused-ring (bicyclic) bond motifs is 1. The Morgan fingerprint density at radius 2 is 1.85 bits per heavy atom. The molecular weight excluding hydrogens is 162 g/mol. The largest absolute Gasteiger partial charge is 0.505 e. The summed E-state index contributed by atoms with van der Waals surface area (Å²) in [6, 6.07) is 11.3. The zero-order valence-corrected chi connectivity index (χ0v) is 7.07. The molecule has 0 bridgehead atoms. The summed E-state index contributed by atoms with van der Waals surface area (Å²) < 4.78 is 0. The predicted octanol–water partition coefficient (Wildman–Crippen LogP) is 2.88. The van der Waals surface area contributed by atoms with Gasteiger partial charge in [-0.15, -0.1) is 0 Å². The molecule has 0 aliphatic carbocycles. The number of rotatable bonds is 1. The van der Waals surface area contributed by atoms with Crippen molar-refractivity contribution < 1.29 is 5.11 Å². The Labute approximate surface area is 76.2 Å². The van der Waals surface area contributed by atoms with Crippen LogP contribution >= 0.6 is 0 Å². The van der Waals surface area contributed by atoms with E-state index in [1.165, 1.54) is 0 Å². The fourth-order valence-corrected chi connectivity index (χ4v) is 1.37. The molecule has 0 saturated carbocycles. The Bertz CT molecular complexity index is 463. The minimum absolute atomic E-state index is 0.202. The van der Waals surface area contributed by atoms with Crippen LogP contribution in [0.2, 0.25) is 0 Å². The number of phenols is 1. The number of hydrogen-bond donors (Lipinski definition) is 1. The molecule has 1 N–H and O–H groups in total. The maximum absolute atomic E-state index is 9.72. The first-order valence-electron chi connectivity index (χ1n) is 4.00. The van der Waals surface area contributed by atoms with Crippen LogP contribution in [-0.2, 0) is 0 Å². The smallest absolute Gasteiger partial charge is 0.148 e. The van der Waals surface area contributed by atoms with E-state index in [0.29, 0.717) is 5.69 Å². The summed E-state index contributed by atoms with van der Waals surface area (Å²) in [4.78, 5) is 3.72. The van der Waals surface area contributed by atoms with Gasteiger partial charge in [-0.1, -0.05) is 30.3 Å². The zero-order valence-electron chi connectivity index (χ0n) is 7.07. The SMILES string of the molecule is C=Nc1ccc2ccccc2c1O. The summed E-state index contributed by atoms with van der Waals surface area (Å²) in [6.07, 6.45) is 0. The molecule has 2 nitrogen and oxygen atoms in total. The summed E-state index contributed by atoms with van der Waals surface area (Å²) in [5, 5.41) is 11.5. The quantitative estimate of drug-likeness (QED) is 0.657. The second-order valence-electron chi connectivity index (χ2n) is 2.81. The molecule has 0 aliphatic rings. The lowest BCUT2D eigenvalue weighted by Gasteiger charge is -2.02. The molecule has 0 aromatic heterocycles. The van der Waals surface area contributed by atoms with Crippen LogP contribution in [0.1, 0.15) is 0 Å². The van der Waals surface area contributed by atoms with Gasteiger partial charge in [0, 0.05) is 5.39 Å². The van der Waals surface area contributed by atoms with Crippen molar-refractivity contribution in [1.29, 1.82) is 0 Å². The fraction of sp³-hybridized carbons (Fsp3) is 0. The van der Waals surface area contributed by atoms with E-state index in [1.54, 1.807) is 6.07 Å². The van der Waals surface area contributed by atoms with Crippen LogP contribution in [0.4, 0.5) is 5.69 Å². The van der Waals surface area contributed by atoms with Crippen molar-refractivity contribution in [3.8, 4) is 5.75 Å². The number of hydrogen-bond acceptors (Lipinski definition) is 2. The van der Waals surface area contributed by atoms with Crippen LogP contribution in [0.5, 0.6) is 5.75 Å². The van der Waals surface area contributed by atoms with Crippen LogP contribution in [0.3, 0.4) is 0 Å². The van der Waals surface area contributed by atoms with E-state index in [0.717, 1.165) is 10.8 Å². The molecule has 0 radical (unpaired) electrons. The molecule has 0 fully saturated rings. The molecule has 0 amide bonds. The van der Waals surface area contributed by atoms with Gasteiger partial charge < -0.3 is 5.11 Å². The molecule has 0 aliphatic heterocycles. The van der Waals surface area contributed by atoms with Crippen molar-refractivity contribution in [1.82, 2.24) is 0 Å². The third-order valence-electron chi connectivity index (χ3n) is 2.05. The standard InChI is InChI=1S/C11H9NO/c1-12-10-7-6-8-4-2-3-5-9(8)11(10)13/h2-7,13H,1H2. The lowest BCUT2D eigenvalue weighted by molar-refractivity contribution is 0.483. The lowest BCUT2D eigenvalue weighted by atomic mass is 10.1. The van der Waals surface area contributed by atoms with E-state index in [-0.39, 0.29) is 5.75 Å². The Hall–Kier alpha value is -1.83. The van der Waals surface area contributed by atoms with E-state index >= 15 is 0 Å². The molecule has 2 rings (SSSR count). The summed E-state index contributed by atoms with van der Waals surface area (Å²) in [7, 11) is 0. The van der Waals surface area contributed by atoms with Crippen molar-refractivity contribution in [3.05, 3.63) is 36.4 Å². The molecule has 0 heterocycles. The van der Waals surface area contributed by atoms with Gasteiger partial charge in [-0.05, 0) is 18.2 Å². The van der Waals surface area contributed by atoms with Crippen LogP contribution in [0, 0.1) is 0 Å². The van der Waals surface area contributed by atoms with Gasteiger partial charge in [0.2, 0.25) is 0 Å². The van der Waals surface area contributed by atoms with Gasteiger partial charge in [-0.25, -0.2) is 0 Å². The average Bonchev–Trinajstić information content (AvgIpc) is 2.19. The molecular formula is C11H9NO. The van der Waals surface area contributed by atoms with E-state index in [4.69, 9.17) is 0 Å². The van der Waals surface area contributed by atoms with Gasteiger partial charge in [-0.2, -0.15) is 0 Å². The Morgan fingerprint density at radius 3 is 2.62 bits per heavy atom. The maximum atomic E-state index is 9.72. The first kappa shape index (κ1) is 7.80. The van der Waals surface area contributed by atoms with Crippen LogP contribution < -0.4 is 0 Å². The van der Waals surface area contributed by atoms with E-state index in [2.05, 4.69) is 11.7 Å². The Balaban J connectivity index is 2.86. The minimum atomic E-state index is 0.202. The van der Waals surface area contributed by atoms with Gasteiger partial charge >= 0.3 is 0 Å². The topological polar surface area (TPSA) is 32.6 Å². The molecule has 0 unspecified atom stereocenters. The highest BCUT2D eigenvalue weighted by atomic mass is 16.3. The summed E-state index contributed by atoms with van der Waals surface area (Å²) in [6.45, 7) is 3.39. The summed E-state index contributed by atoms with van der Waals surface area (Å²) in [5.41, 5.74) is 0.527. The number of phenolic OH excluding ortho intramolecular Hbond substituents is 1.